The first-order chi connectivity index (χ1) is 9.79. The van der Waals surface area contributed by atoms with Crippen molar-refractivity contribution in [2.45, 2.75) is 4.90 Å². The average molecular weight is 374 g/mol. The Hall–Kier alpha value is -1.84. The number of aromatic nitrogens is 1. The maximum atomic E-state index is 13.4. The van der Waals surface area contributed by atoms with E-state index in [0.29, 0.717) is 4.47 Å². The third-order valence-corrected chi connectivity index (χ3v) is 4.09. The van der Waals surface area contributed by atoms with Crippen LogP contribution in [0.1, 0.15) is 10.4 Å². The van der Waals surface area contributed by atoms with E-state index in [4.69, 9.17) is 5.14 Å². The quantitative estimate of drug-likeness (QED) is 0.801. The molecular formula is C12H9BrFN3O3S. The second-order valence-electron chi connectivity index (χ2n) is 3.98. The van der Waals surface area contributed by atoms with Crippen molar-refractivity contribution in [1.29, 1.82) is 0 Å². The Morgan fingerprint density at radius 3 is 2.62 bits per heavy atom. The number of nitrogens with two attached hydrogens (primary N) is 1. The summed E-state index contributed by atoms with van der Waals surface area (Å²) in [5.74, 6) is -1.60. The molecule has 1 aromatic heterocycles. The van der Waals surface area contributed by atoms with E-state index in [9.17, 15) is 17.6 Å². The molecule has 0 bridgehead atoms. The molecule has 1 amide bonds. The molecule has 2 rings (SSSR count). The number of rotatable bonds is 3. The topological polar surface area (TPSA) is 102 Å². The van der Waals surface area contributed by atoms with E-state index in [-0.39, 0.29) is 16.1 Å². The standard InChI is InChI=1S/C12H9BrFN3O3S/c13-9-6-7(21(15,19)20)3-4-10(9)17-12(18)8-2-1-5-16-11(8)14/h1-6H,(H,17,18)(H2,15,19,20). The monoisotopic (exact) mass is 373 g/mol. The van der Waals surface area contributed by atoms with Gasteiger partial charge in [0.25, 0.3) is 5.91 Å². The summed E-state index contributed by atoms with van der Waals surface area (Å²) >= 11 is 3.12. The van der Waals surface area contributed by atoms with Gasteiger partial charge in [-0.1, -0.05) is 0 Å². The van der Waals surface area contributed by atoms with Crippen LogP contribution in [0.15, 0.2) is 45.9 Å². The third-order valence-electron chi connectivity index (χ3n) is 2.52. The highest BCUT2D eigenvalue weighted by Crippen LogP contribution is 2.25. The number of carbonyl (C=O) groups is 1. The maximum absolute atomic E-state index is 13.4. The molecule has 0 aliphatic carbocycles. The molecule has 0 fully saturated rings. The van der Waals surface area contributed by atoms with E-state index in [1.807, 2.05) is 0 Å². The fraction of sp³-hybridized carbons (Fsp3) is 0. The van der Waals surface area contributed by atoms with E-state index in [0.717, 1.165) is 0 Å². The molecule has 0 aliphatic rings. The Kier molecular flexibility index (Phi) is 4.35. The number of carbonyl (C=O) groups excluding carboxylic acids is 1. The minimum Gasteiger partial charge on any atom is -0.321 e. The summed E-state index contributed by atoms with van der Waals surface area (Å²) in [6.45, 7) is 0. The molecule has 21 heavy (non-hydrogen) atoms. The third kappa shape index (κ3) is 3.63. The molecule has 0 atom stereocenters. The lowest BCUT2D eigenvalue weighted by Gasteiger charge is -2.09. The van der Waals surface area contributed by atoms with Gasteiger partial charge in [-0.3, -0.25) is 4.79 Å². The smallest absolute Gasteiger partial charge is 0.260 e. The number of nitrogens with zero attached hydrogens (tertiary/aromatic N) is 1. The van der Waals surface area contributed by atoms with Crippen LogP contribution in [0.2, 0.25) is 0 Å². The van der Waals surface area contributed by atoms with Gasteiger partial charge in [-0.05, 0) is 46.3 Å². The molecule has 9 heteroatoms. The molecule has 0 spiro atoms. The minimum atomic E-state index is -3.84. The van der Waals surface area contributed by atoms with Crippen molar-refractivity contribution in [2.24, 2.45) is 5.14 Å². The van der Waals surface area contributed by atoms with Crippen LogP contribution in [0, 0.1) is 5.95 Å². The van der Waals surface area contributed by atoms with Crippen molar-refractivity contribution in [1.82, 2.24) is 4.98 Å². The average Bonchev–Trinajstić information content (AvgIpc) is 2.40. The molecular weight excluding hydrogens is 365 g/mol. The number of hydrogen-bond donors (Lipinski definition) is 2. The highest BCUT2D eigenvalue weighted by Gasteiger charge is 2.15. The van der Waals surface area contributed by atoms with Crippen molar-refractivity contribution in [3.05, 3.63) is 52.5 Å². The largest absolute Gasteiger partial charge is 0.321 e. The van der Waals surface area contributed by atoms with E-state index in [2.05, 4.69) is 26.2 Å². The van der Waals surface area contributed by atoms with Crippen LogP contribution in [-0.4, -0.2) is 19.3 Å². The zero-order valence-corrected chi connectivity index (χ0v) is 12.8. The fourth-order valence-corrected chi connectivity index (χ4v) is 2.69. The summed E-state index contributed by atoms with van der Waals surface area (Å²) < 4.78 is 36.1. The first kappa shape index (κ1) is 15.5. The Morgan fingerprint density at radius 2 is 2.05 bits per heavy atom. The molecule has 6 nitrogen and oxygen atoms in total. The molecule has 3 N–H and O–H groups in total. The van der Waals surface area contributed by atoms with E-state index < -0.39 is 21.9 Å². The summed E-state index contributed by atoms with van der Waals surface area (Å²) in [6, 6.07) is 6.53. The van der Waals surface area contributed by atoms with Gasteiger partial charge in [-0.2, -0.15) is 4.39 Å². The second-order valence-corrected chi connectivity index (χ2v) is 6.40. The van der Waals surface area contributed by atoms with Crippen molar-refractivity contribution in [2.75, 3.05) is 5.32 Å². The maximum Gasteiger partial charge on any atom is 0.260 e. The first-order valence-electron chi connectivity index (χ1n) is 5.53. The highest BCUT2D eigenvalue weighted by molar-refractivity contribution is 9.10. The van der Waals surface area contributed by atoms with Gasteiger partial charge in [-0.25, -0.2) is 18.5 Å². The van der Waals surface area contributed by atoms with Crippen LogP contribution in [-0.2, 0) is 10.0 Å². The Labute approximate surface area is 128 Å². The van der Waals surface area contributed by atoms with E-state index in [1.54, 1.807) is 0 Å². The summed E-state index contributed by atoms with van der Waals surface area (Å²) in [7, 11) is -3.84. The van der Waals surface area contributed by atoms with Gasteiger partial charge in [0.05, 0.1) is 16.1 Å². The number of halogens is 2. The number of amides is 1. The number of pyridine rings is 1. The van der Waals surface area contributed by atoms with Crippen LogP contribution in [0.3, 0.4) is 0 Å². The summed E-state index contributed by atoms with van der Waals surface area (Å²) in [5.41, 5.74) is 0.0515. The number of sulfonamides is 1. The lowest BCUT2D eigenvalue weighted by atomic mass is 10.2. The van der Waals surface area contributed by atoms with Crippen molar-refractivity contribution in [3.63, 3.8) is 0 Å². The Balaban J connectivity index is 2.29. The van der Waals surface area contributed by atoms with Crippen molar-refractivity contribution >= 4 is 37.5 Å². The van der Waals surface area contributed by atoms with Gasteiger partial charge < -0.3 is 5.32 Å². The lowest BCUT2D eigenvalue weighted by molar-refractivity contribution is 0.102. The second kappa shape index (κ2) is 5.88. The molecule has 1 aromatic carbocycles. The van der Waals surface area contributed by atoms with Crippen LogP contribution in [0.5, 0.6) is 0 Å². The van der Waals surface area contributed by atoms with Gasteiger partial charge in [0.2, 0.25) is 16.0 Å². The van der Waals surface area contributed by atoms with Gasteiger partial charge in [0.15, 0.2) is 0 Å². The number of benzene rings is 1. The fourth-order valence-electron chi connectivity index (χ4n) is 1.52. The molecule has 0 saturated heterocycles. The predicted octanol–water partition coefficient (Wildman–Crippen LogP) is 1.88. The molecule has 0 aliphatic heterocycles. The molecule has 0 saturated carbocycles. The van der Waals surface area contributed by atoms with Gasteiger partial charge >= 0.3 is 0 Å². The Morgan fingerprint density at radius 1 is 1.33 bits per heavy atom. The molecule has 0 radical (unpaired) electrons. The van der Waals surface area contributed by atoms with E-state index in [1.165, 1.54) is 36.5 Å². The van der Waals surface area contributed by atoms with Crippen molar-refractivity contribution in [3.8, 4) is 0 Å². The SMILES string of the molecule is NS(=O)(=O)c1ccc(NC(=O)c2cccnc2F)c(Br)c1. The van der Waals surface area contributed by atoms with Crippen LogP contribution >= 0.6 is 15.9 Å². The number of primary sulfonamides is 1. The Bertz CT molecular complexity index is 811. The number of nitrogens with one attached hydrogen (secondary N) is 1. The summed E-state index contributed by atoms with van der Waals surface area (Å²) in [5, 5.41) is 7.44. The summed E-state index contributed by atoms with van der Waals surface area (Å²) in [6.07, 6.45) is 1.23. The molecule has 0 unspecified atom stereocenters. The number of hydrogen-bond acceptors (Lipinski definition) is 4. The van der Waals surface area contributed by atoms with Crippen LogP contribution in [0.25, 0.3) is 0 Å². The zero-order valence-electron chi connectivity index (χ0n) is 10.4. The zero-order chi connectivity index (χ0) is 15.6. The molecule has 2 aromatic rings. The predicted molar refractivity (Wildman–Crippen MR) is 77.7 cm³/mol. The number of anilines is 1. The van der Waals surface area contributed by atoms with Gasteiger partial charge in [0.1, 0.15) is 0 Å². The van der Waals surface area contributed by atoms with Gasteiger partial charge in [-0.15, -0.1) is 0 Å². The molecule has 110 valence electrons. The summed E-state index contributed by atoms with van der Waals surface area (Å²) in [4.78, 5) is 15.2. The van der Waals surface area contributed by atoms with Crippen molar-refractivity contribution < 1.29 is 17.6 Å². The van der Waals surface area contributed by atoms with Crippen LogP contribution < -0.4 is 10.5 Å². The van der Waals surface area contributed by atoms with Gasteiger partial charge in [0, 0.05) is 10.7 Å². The van der Waals surface area contributed by atoms with E-state index >= 15 is 0 Å². The molecule has 1 heterocycles. The lowest BCUT2D eigenvalue weighted by Crippen LogP contribution is -2.16. The minimum absolute atomic E-state index is 0.111. The normalized spacial score (nSPS) is 11.2. The highest BCUT2D eigenvalue weighted by atomic mass is 79.9. The first-order valence-corrected chi connectivity index (χ1v) is 7.87. The van der Waals surface area contributed by atoms with Crippen LogP contribution in [0.4, 0.5) is 10.1 Å².